The van der Waals surface area contributed by atoms with Crippen LogP contribution in [0.5, 0.6) is 0 Å². The Hall–Kier alpha value is -2.77. The van der Waals surface area contributed by atoms with Gasteiger partial charge in [-0.05, 0) is 6.92 Å². The minimum Gasteiger partial charge on any atom is -0.481 e. The molecule has 0 fully saturated rings. The molecule has 0 radical (unpaired) electrons. The van der Waals surface area contributed by atoms with Crippen molar-refractivity contribution in [3.8, 4) is 0 Å². The number of carbonyl (C=O) groups excluding carboxylic acids is 3. The standard InChI is InChI=1S/C13H22N4O9/c1-5(19)10(12(24)16-7(4-18)13(25)26)17-8(20)3-15-11(23)6(14)2-9(21)22/h5-7,10,18-19H,2-4,14H2,1H3,(H,15,23)(H,16,24)(H,17,20)(H,21,22)(H,25,26). The van der Waals surface area contributed by atoms with Crippen molar-refractivity contribution in [3.05, 3.63) is 0 Å². The molecule has 148 valence electrons. The molecule has 4 atom stereocenters. The zero-order valence-electron chi connectivity index (χ0n) is 13.8. The third-order valence-corrected chi connectivity index (χ3v) is 3.03. The first-order valence-corrected chi connectivity index (χ1v) is 7.36. The van der Waals surface area contributed by atoms with Crippen LogP contribution in [0.4, 0.5) is 0 Å². The van der Waals surface area contributed by atoms with Crippen LogP contribution in [0.15, 0.2) is 0 Å². The number of nitrogens with one attached hydrogen (secondary N) is 3. The third-order valence-electron chi connectivity index (χ3n) is 3.03. The molecule has 13 nitrogen and oxygen atoms in total. The molecule has 3 amide bonds. The van der Waals surface area contributed by atoms with Crippen molar-refractivity contribution in [2.75, 3.05) is 13.2 Å². The number of carboxylic acid groups (broad SMARTS) is 2. The maximum Gasteiger partial charge on any atom is 0.328 e. The lowest BCUT2D eigenvalue weighted by Crippen LogP contribution is -2.57. The molecule has 0 spiro atoms. The molecule has 0 bridgehead atoms. The number of hydrogen-bond acceptors (Lipinski definition) is 8. The van der Waals surface area contributed by atoms with Gasteiger partial charge in [0, 0.05) is 0 Å². The summed E-state index contributed by atoms with van der Waals surface area (Å²) in [5.74, 6) is -5.72. The predicted octanol–water partition coefficient (Wildman–Crippen LogP) is -4.67. The fourth-order valence-corrected chi connectivity index (χ4v) is 1.66. The molecule has 4 unspecified atom stereocenters. The van der Waals surface area contributed by atoms with Gasteiger partial charge >= 0.3 is 11.9 Å². The first kappa shape index (κ1) is 23.2. The fourth-order valence-electron chi connectivity index (χ4n) is 1.66. The van der Waals surface area contributed by atoms with Gasteiger partial charge in [0.1, 0.15) is 12.1 Å². The molecule has 0 aromatic heterocycles. The van der Waals surface area contributed by atoms with Crippen molar-refractivity contribution >= 4 is 29.7 Å². The maximum absolute atomic E-state index is 11.9. The number of carbonyl (C=O) groups is 5. The molecule has 26 heavy (non-hydrogen) atoms. The highest BCUT2D eigenvalue weighted by atomic mass is 16.4. The molecule has 0 aromatic carbocycles. The summed E-state index contributed by atoms with van der Waals surface area (Å²) in [6.45, 7) is -0.412. The van der Waals surface area contributed by atoms with Crippen LogP contribution >= 0.6 is 0 Å². The van der Waals surface area contributed by atoms with Gasteiger partial charge in [0.25, 0.3) is 0 Å². The van der Waals surface area contributed by atoms with E-state index in [9.17, 15) is 29.1 Å². The first-order chi connectivity index (χ1) is 12.0. The Labute approximate surface area is 147 Å². The van der Waals surface area contributed by atoms with E-state index >= 15 is 0 Å². The van der Waals surface area contributed by atoms with Crippen LogP contribution in [0.2, 0.25) is 0 Å². The van der Waals surface area contributed by atoms with Gasteiger partial charge in [0.05, 0.1) is 31.7 Å². The lowest BCUT2D eigenvalue weighted by atomic mass is 10.1. The van der Waals surface area contributed by atoms with E-state index in [2.05, 4.69) is 10.6 Å². The highest BCUT2D eigenvalue weighted by Gasteiger charge is 2.29. The molecule has 0 saturated carbocycles. The molecule has 9 N–H and O–H groups in total. The topological polar surface area (TPSA) is 228 Å². The number of aliphatic hydroxyl groups is 2. The van der Waals surface area contributed by atoms with Gasteiger partial charge in [-0.15, -0.1) is 0 Å². The molecule has 0 saturated heterocycles. The summed E-state index contributed by atoms with van der Waals surface area (Å²) in [5, 5.41) is 41.7. The van der Waals surface area contributed by atoms with Crippen LogP contribution in [0.25, 0.3) is 0 Å². The van der Waals surface area contributed by atoms with E-state index in [1.165, 1.54) is 0 Å². The van der Waals surface area contributed by atoms with Gasteiger partial charge in [0.2, 0.25) is 17.7 Å². The second kappa shape index (κ2) is 11.0. The summed E-state index contributed by atoms with van der Waals surface area (Å²) in [5.41, 5.74) is 5.29. The van der Waals surface area contributed by atoms with Crippen molar-refractivity contribution < 1.29 is 44.4 Å². The second-order valence-corrected chi connectivity index (χ2v) is 5.29. The summed E-state index contributed by atoms with van der Waals surface area (Å²) >= 11 is 0. The van der Waals surface area contributed by atoms with E-state index in [0.29, 0.717) is 0 Å². The molecule has 0 aliphatic rings. The average Bonchev–Trinajstić information content (AvgIpc) is 2.53. The Morgan fingerprint density at radius 2 is 1.62 bits per heavy atom. The van der Waals surface area contributed by atoms with E-state index in [1.807, 2.05) is 5.32 Å². The van der Waals surface area contributed by atoms with Gasteiger partial charge in [-0.1, -0.05) is 0 Å². The molecule has 0 rings (SSSR count). The highest BCUT2D eigenvalue weighted by Crippen LogP contribution is 1.96. The van der Waals surface area contributed by atoms with Crippen LogP contribution < -0.4 is 21.7 Å². The van der Waals surface area contributed by atoms with Crippen LogP contribution in [-0.2, 0) is 24.0 Å². The molecular weight excluding hydrogens is 356 g/mol. The minimum absolute atomic E-state index is 0.649. The van der Waals surface area contributed by atoms with Crippen molar-refractivity contribution in [1.82, 2.24) is 16.0 Å². The van der Waals surface area contributed by atoms with Crippen LogP contribution in [-0.4, -0.2) is 87.5 Å². The molecule has 13 heteroatoms. The zero-order chi connectivity index (χ0) is 20.4. The second-order valence-electron chi connectivity index (χ2n) is 5.29. The molecular formula is C13H22N4O9. The minimum atomic E-state index is -1.63. The molecule has 0 heterocycles. The van der Waals surface area contributed by atoms with E-state index in [-0.39, 0.29) is 0 Å². The third kappa shape index (κ3) is 8.36. The van der Waals surface area contributed by atoms with Gasteiger partial charge in [-0.2, -0.15) is 0 Å². The number of nitrogens with two attached hydrogens (primary N) is 1. The molecule has 0 aliphatic heterocycles. The van der Waals surface area contributed by atoms with Gasteiger partial charge in [0.15, 0.2) is 0 Å². The summed E-state index contributed by atoms with van der Waals surface area (Å²) < 4.78 is 0. The first-order valence-electron chi connectivity index (χ1n) is 7.36. The number of aliphatic carboxylic acids is 2. The number of aliphatic hydroxyl groups excluding tert-OH is 2. The maximum atomic E-state index is 11.9. The smallest absolute Gasteiger partial charge is 0.328 e. The zero-order valence-corrected chi connectivity index (χ0v) is 13.8. The van der Waals surface area contributed by atoms with Gasteiger partial charge in [-0.3, -0.25) is 19.2 Å². The van der Waals surface area contributed by atoms with E-state index in [0.717, 1.165) is 6.92 Å². The lowest BCUT2D eigenvalue weighted by Gasteiger charge is -2.22. The Kier molecular flexibility index (Phi) is 9.80. The normalized spacial score (nSPS) is 15.1. The van der Waals surface area contributed by atoms with E-state index in [1.54, 1.807) is 0 Å². The molecule has 0 aromatic rings. The van der Waals surface area contributed by atoms with Gasteiger partial charge in [-0.25, -0.2) is 4.79 Å². The fraction of sp³-hybridized carbons (Fsp3) is 0.615. The molecule has 0 aliphatic carbocycles. The SMILES string of the molecule is CC(O)C(NC(=O)CNC(=O)C(N)CC(=O)O)C(=O)NC(CO)C(=O)O. The van der Waals surface area contributed by atoms with Crippen molar-refractivity contribution in [2.24, 2.45) is 5.73 Å². The summed E-state index contributed by atoms with van der Waals surface area (Å²) in [4.78, 5) is 56.4. The lowest BCUT2D eigenvalue weighted by molar-refractivity contribution is -0.144. The number of hydrogen-bond donors (Lipinski definition) is 8. The quantitative estimate of drug-likeness (QED) is 0.171. The monoisotopic (exact) mass is 378 g/mol. The predicted molar refractivity (Wildman–Crippen MR) is 83.5 cm³/mol. The van der Waals surface area contributed by atoms with E-state index < -0.39 is 73.5 Å². The number of carboxylic acids is 2. The van der Waals surface area contributed by atoms with E-state index in [4.69, 9.17) is 21.1 Å². The van der Waals surface area contributed by atoms with Crippen molar-refractivity contribution in [1.29, 1.82) is 0 Å². The Morgan fingerprint density at radius 1 is 1.04 bits per heavy atom. The van der Waals surface area contributed by atoms with Gasteiger partial charge < -0.3 is 42.1 Å². The number of amides is 3. The van der Waals surface area contributed by atoms with Crippen LogP contribution in [0.3, 0.4) is 0 Å². The largest absolute Gasteiger partial charge is 0.481 e. The summed E-state index contributed by atoms with van der Waals surface area (Å²) in [7, 11) is 0. The highest BCUT2D eigenvalue weighted by molar-refractivity contribution is 5.93. The van der Waals surface area contributed by atoms with Crippen LogP contribution in [0.1, 0.15) is 13.3 Å². The Balaban J connectivity index is 4.68. The van der Waals surface area contributed by atoms with Crippen LogP contribution in [0, 0.1) is 0 Å². The average molecular weight is 378 g/mol. The van der Waals surface area contributed by atoms with Crippen molar-refractivity contribution in [3.63, 3.8) is 0 Å². The van der Waals surface area contributed by atoms with Crippen molar-refractivity contribution in [2.45, 2.75) is 37.6 Å². The Bertz CT molecular complexity index is 552. The summed E-state index contributed by atoms with van der Waals surface area (Å²) in [6.07, 6.45) is -2.07. The Morgan fingerprint density at radius 3 is 2.04 bits per heavy atom. The summed E-state index contributed by atoms with van der Waals surface area (Å²) in [6, 6.07) is -4.56. The number of rotatable bonds is 11.